The summed E-state index contributed by atoms with van der Waals surface area (Å²) in [7, 11) is 3.08. The molecule has 0 unspecified atom stereocenters. The Bertz CT molecular complexity index is 793. The van der Waals surface area contributed by atoms with Crippen molar-refractivity contribution in [3.63, 3.8) is 0 Å². The molecule has 0 atom stereocenters. The van der Waals surface area contributed by atoms with Gasteiger partial charge in [0.2, 0.25) is 5.91 Å². The molecule has 7 heteroatoms. The van der Waals surface area contributed by atoms with Crippen molar-refractivity contribution >= 4 is 17.3 Å². The number of hydrogen-bond donors (Lipinski definition) is 2. The summed E-state index contributed by atoms with van der Waals surface area (Å²) in [6, 6.07) is 12.2. The Morgan fingerprint density at radius 2 is 1.81 bits per heavy atom. The molecule has 0 radical (unpaired) electrons. The van der Waals surface area contributed by atoms with Crippen molar-refractivity contribution in [3.8, 4) is 23.3 Å². The predicted molar refractivity (Wildman–Crippen MR) is 99.0 cm³/mol. The molecular formula is C19H21N3O4. The van der Waals surface area contributed by atoms with Gasteiger partial charge in [0.25, 0.3) is 0 Å². The van der Waals surface area contributed by atoms with Crippen molar-refractivity contribution in [3.05, 3.63) is 42.0 Å². The first kappa shape index (κ1) is 18.9. The minimum Gasteiger partial charge on any atom is -0.497 e. The number of anilines is 2. The highest BCUT2D eigenvalue weighted by Crippen LogP contribution is 2.27. The van der Waals surface area contributed by atoms with Gasteiger partial charge in [0.1, 0.15) is 17.2 Å². The highest BCUT2D eigenvalue weighted by atomic mass is 16.5. The van der Waals surface area contributed by atoms with Crippen LogP contribution in [-0.4, -0.2) is 33.3 Å². The Hall–Kier alpha value is -3.40. The molecule has 1 amide bonds. The topological polar surface area (TPSA) is 92.6 Å². The Kier molecular flexibility index (Phi) is 6.68. The van der Waals surface area contributed by atoms with Crippen molar-refractivity contribution in [2.75, 3.05) is 38.0 Å². The number of nitrogens with zero attached hydrogens (tertiary/aromatic N) is 1. The largest absolute Gasteiger partial charge is 0.497 e. The van der Waals surface area contributed by atoms with E-state index in [-0.39, 0.29) is 12.5 Å². The minimum absolute atomic E-state index is 0.00841. The Labute approximate surface area is 152 Å². The third-order valence-electron chi connectivity index (χ3n) is 3.48. The molecule has 2 aromatic carbocycles. The number of ether oxygens (including phenoxy) is 3. The van der Waals surface area contributed by atoms with Crippen LogP contribution in [0.5, 0.6) is 17.2 Å². The molecule has 0 heterocycles. The fraction of sp³-hybridized carbons (Fsp3) is 0.263. The quantitative estimate of drug-likeness (QED) is 0.756. The van der Waals surface area contributed by atoms with Crippen molar-refractivity contribution in [1.82, 2.24) is 0 Å². The van der Waals surface area contributed by atoms with Gasteiger partial charge < -0.3 is 24.8 Å². The molecule has 2 aromatic rings. The first-order chi connectivity index (χ1) is 12.6. The second-order valence-corrected chi connectivity index (χ2v) is 5.26. The van der Waals surface area contributed by atoms with Gasteiger partial charge in [-0.2, -0.15) is 5.26 Å². The molecule has 0 aliphatic heterocycles. The van der Waals surface area contributed by atoms with Crippen LogP contribution in [0.1, 0.15) is 12.5 Å². The summed E-state index contributed by atoms with van der Waals surface area (Å²) in [5, 5.41) is 14.8. The van der Waals surface area contributed by atoms with Crippen LogP contribution in [0, 0.1) is 11.3 Å². The number of nitrogens with one attached hydrogen (secondary N) is 2. The van der Waals surface area contributed by atoms with Crippen LogP contribution in [-0.2, 0) is 4.79 Å². The Morgan fingerprint density at radius 1 is 1.12 bits per heavy atom. The van der Waals surface area contributed by atoms with Crippen LogP contribution < -0.4 is 24.8 Å². The molecular weight excluding hydrogens is 334 g/mol. The lowest BCUT2D eigenvalue weighted by Crippen LogP contribution is -2.22. The summed E-state index contributed by atoms with van der Waals surface area (Å²) in [6.07, 6.45) is 0. The zero-order valence-corrected chi connectivity index (χ0v) is 15.0. The third kappa shape index (κ3) is 5.05. The van der Waals surface area contributed by atoms with Gasteiger partial charge in [-0.3, -0.25) is 4.79 Å². The maximum absolute atomic E-state index is 12.2. The molecule has 0 saturated heterocycles. The van der Waals surface area contributed by atoms with E-state index in [1.165, 1.54) is 0 Å². The molecule has 0 fully saturated rings. The second kappa shape index (κ2) is 9.18. The van der Waals surface area contributed by atoms with Crippen molar-refractivity contribution in [2.24, 2.45) is 0 Å². The number of amides is 1. The normalized spacial score (nSPS) is 9.77. The fourth-order valence-electron chi connectivity index (χ4n) is 2.28. The predicted octanol–water partition coefficient (Wildman–Crippen LogP) is 3.02. The average Bonchev–Trinajstić information content (AvgIpc) is 2.66. The van der Waals surface area contributed by atoms with E-state index in [1.807, 2.05) is 6.92 Å². The first-order valence-electron chi connectivity index (χ1n) is 8.03. The van der Waals surface area contributed by atoms with Gasteiger partial charge in [-0.1, -0.05) is 0 Å². The minimum atomic E-state index is -0.259. The van der Waals surface area contributed by atoms with Crippen molar-refractivity contribution in [1.29, 1.82) is 5.26 Å². The molecule has 0 aromatic heterocycles. The summed E-state index contributed by atoms with van der Waals surface area (Å²) in [4.78, 5) is 12.2. The molecule has 0 saturated carbocycles. The number of carbonyl (C=O) groups is 1. The lowest BCUT2D eigenvalue weighted by molar-refractivity contribution is -0.114. The van der Waals surface area contributed by atoms with Crippen LogP contribution in [0.3, 0.4) is 0 Å². The lowest BCUT2D eigenvalue weighted by atomic mass is 10.2. The lowest BCUT2D eigenvalue weighted by Gasteiger charge is -2.13. The molecule has 26 heavy (non-hydrogen) atoms. The van der Waals surface area contributed by atoms with E-state index in [1.54, 1.807) is 50.6 Å². The second-order valence-electron chi connectivity index (χ2n) is 5.26. The van der Waals surface area contributed by atoms with Gasteiger partial charge in [-0.25, -0.2) is 0 Å². The molecule has 2 rings (SSSR count). The Balaban J connectivity index is 2.06. The van der Waals surface area contributed by atoms with Crippen molar-refractivity contribution < 1.29 is 19.0 Å². The van der Waals surface area contributed by atoms with Gasteiger partial charge in [0, 0.05) is 23.9 Å². The SMILES string of the molecule is CCOc1ccc(C#N)cc1NCC(=O)Nc1cc(OC)cc(OC)c1. The molecule has 7 nitrogen and oxygen atoms in total. The number of carbonyl (C=O) groups excluding carboxylic acids is 1. The highest BCUT2D eigenvalue weighted by Gasteiger charge is 2.09. The van der Waals surface area contributed by atoms with Crippen LogP contribution in [0.25, 0.3) is 0 Å². The molecule has 136 valence electrons. The molecule has 0 spiro atoms. The highest BCUT2D eigenvalue weighted by molar-refractivity contribution is 5.94. The summed E-state index contributed by atoms with van der Waals surface area (Å²) in [6.45, 7) is 2.36. The van der Waals surface area contributed by atoms with E-state index in [0.717, 1.165) is 0 Å². The van der Waals surface area contributed by atoms with Gasteiger partial charge in [0.05, 0.1) is 44.7 Å². The summed E-state index contributed by atoms with van der Waals surface area (Å²) < 4.78 is 15.9. The van der Waals surface area contributed by atoms with Crippen LogP contribution >= 0.6 is 0 Å². The zero-order valence-electron chi connectivity index (χ0n) is 15.0. The van der Waals surface area contributed by atoms with E-state index < -0.39 is 0 Å². The van der Waals surface area contributed by atoms with Crippen molar-refractivity contribution in [2.45, 2.75) is 6.92 Å². The molecule has 0 aliphatic rings. The van der Waals surface area contributed by atoms with Crippen LogP contribution in [0.2, 0.25) is 0 Å². The summed E-state index contributed by atoms with van der Waals surface area (Å²) in [5.41, 5.74) is 1.63. The third-order valence-corrected chi connectivity index (χ3v) is 3.48. The number of methoxy groups -OCH3 is 2. The van der Waals surface area contributed by atoms with E-state index in [4.69, 9.17) is 19.5 Å². The monoisotopic (exact) mass is 355 g/mol. The molecule has 0 aliphatic carbocycles. The van der Waals surface area contributed by atoms with Gasteiger partial charge >= 0.3 is 0 Å². The average molecular weight is 355 g/mol. The standard InChI is InChI=1S/C19H21N3O4/c1-4-26-18-6-5-13(11-20)7-17(18)21-12-19(23)22-14-8-15(24-2)10-16(9-14)25-3/h5-10,21H,4,12H2,1-3H3,(H,22,23). The zero-order chi connectivity index (χ0) is 18.9. The number of benzene rings is 2. The number of nitriles is 1. The summed E-state index contributed by atoms with van der Waals surface area (Å²) in [5.74, 6) is 1.48. The van der Waals surface area contributed by atoms with Crippen LogP contribution in [0.4, 0.5) is 11.4 Å². The summed E-state index contributed by atoms with van der Waals surface area (Å²) >= 11 is 0. The fourth-order valence-corrected chi connectivity index (χ4v) is 2.28. The van der Waals surface area contributed by atoms with E-state index in [2.05, 4.69) is 16.7 Å². The van der Waals surface area contributed by atoms with Gasteiger partial charge in [-0.15, -0.1) is 0 Å². The number of hydrogen-bond acceptors (Lipinski definition) is 6. The van der Waals surface area contributed by atoms with E-state index in [0.29, 0.717) is 40.8 Å². The maximum atomic E-state index is 12.2. The molecule has 0 bridgehead atoms. The first-order valence-corrected chi connectivity index (χ1v) is 8.03. The molecule has 2 N–H and O–H groups in total. The van der Waals surface area contributed by atoms with E-state index >= 15 is 0 Å². The number of rotatable bonds is 8. The smallest absolute Gasteiger partial charge is 0.243 e. The van der Waals surface area contributed by atoms with Crippen LogP contribution in [0.15, 0.2) is 36.4 Å². The van der Waals surface area contributed by atoms with E-state index in [9.17, 15) is 4.79 Å². The maximum Gasteiger partial charge on any atom is 0.243 e. The van der Waals surface area contributed by atoms with Gasteiger partial charge in [0.15, 0.2) is 0 Å². The van der Waals surface area contributed by atoms with Gasteiger partial charge in [-0.05, 0) is 25.1 Å². The Morgan fingerprint density at radius 3 is 2.38 bits per heavy atom.